The Bertz CT molecular complexity index is 271. The summed E-state index contributed by atoms with van der Waals surface area (Å²) in [4.78, 5) is 24.2. The summed E-state index contributed by atoms with van der Waals surface area (Å²) in [6, 6.07) is 0. The van der Waals surface area contributed by atoms with E-state index in [0.29, 0.717) is 0 Å². The Balaban J connectivity index is 5.16. The summed E-state index contributed by atoms with van der Waals surface area (Å²) in [5, 5.41) is 9.81. The highest BCUT2D eigenvalue weighted by molar-refractivity contribution is 6.00. The number of carbonyl (C=O) groups is 2. The van der Waals surface area contributed by atoms with Crippen molar-refractivity contribution < 1.29 is 28.9 Å². The lowest BCUT2D eigenvalue weighted by Gasteiger charge is -2.29. The average Bonchev–Trinajstić information content (AvgIpc) is 2.36. The zero-order valence-corrected chi connectivity index (χ0v) is 12.1. The summed E-state index contributed by atoms with van der Waals surface area (Å²) in [7, 11) is 1.44. The highest BCUT2D eigenvalue weighted by Gasteiger charge is 2.48. The first-order valence-corrected chi connectivity index (χ1v) is 6.49. The summed E-state index contributed by atoms with van der Waals surface area (Å²) in [6.07, 6.45) is -0.806. The van der Waals surface area contributed by atoms with E-state index in [9.17, 15) is 14.7 Å². The summed E-state index contributed by atoms with van der Waals surface area (Å²) in [5.74, 6) is -1.32. The van der Waals surface area contributed by atoms with Crippen molar-refractivity contribution in [3.8, 4) is 0 Å². The second-order valence-electron chi connectivity index (χ2n) is 4.19. The smallest absolute Gasteiger partial charge is 0.323 e. The molecule has 0 aliphatic rings. The van der Waals surface area contributed by atoms with Gasteiger partial charge in [-0.15, -0.1) is 0 Å². The van der Waals surface area contributed by atoms with Crippen molar-refractivity contribution in [3.05, 3.63) is 0 Å². The third-order valence-electron chi connectivity index (χ3n) is 2.88. The van der Waals surface area contributed by atoms with Crippen LogP contribution in [0.25, 0.3) is 0 Å². The van der Waals surface area contributed by atoms with Crippen molar-refractivity contribution in [1.82, 2.24) is 0 Å². The fraction of sp³-hybridized carbons (Fsp3) is 0.846. The van der Waals surface area contributed by atoms with Gasteiger partial charge in [-0.2, -0.15) is 0 Å². The fourth-order valence-electron chi connectivity index (χ4n) is 1.88. The first-order valence-electron chi connectivity index (χ1n) is 6.49. The Morgan fingerprint density at radius 3 is 1.89 bits per heavy atom. The lowest BCUT2D eigenvalue weighted by molar-refractivity contribution is -0.175. The number of methoxy groups -OCH3 is 1. The van der Waals surface area contributed by atoms with E-state index in [-0.39, 0.29) is 32.7 Å². The Morgan fingerprint density at radius 2 is 1.58 bits per heavy atom. The van der Waals surface area contributed by atoms with Crippen LogP contribution in [0.5, 0.6) is 0 Å². The summed E-state index contributed by atoms with van der Waals surface area (Å²) in [5.41, 5.74) is -1.47. The molecule has 0 amide bonds. The fourth-order valence-corrected chi connectivity index (χ4v) is 1.88. The van der Waals surface area contributed by atoms with E-state index in [2.05, 4.69) is 0 Å². The molecule has 19 heavy (non-hydrogen) atoms. The van der Waals surface area contributed by atoms with Crippen LogP contribution in [0.4, 0.5) is 0 Å². The van der Waals surface area contributed by atoms with E-state index < -0.39 is 23.5 Å². The normalized spacial score (nSPS) is 12.9. The van der Waals surface area contributed by atoms with Crippen LogP contribution >= 0.6 is 0 Å². The zero-order valence-electron chi connectivity index (χ0n) is 12.1. The molecule has 0 spiro atoms. The van der Waals surface area contributed by atoms with Gasteiger partial charge in [-0.05, 0) is 20.3 Å². The molecule has 0 heterocycles. The van der Waals surface area contributed by atoms with Crippen LogP contribution in [0.2, 0.25) is 0 Å². The number of carbonyl (C=O) groups excluding carboxylic acids is 2. The van der Waals surface area contributed by atoms with Gasteiger partial charge in [-0.25, -0.2) is 0 Å². The minimum absolute atomic E-state index is 0.0422. The molecule has 0 aromatic rings. The lowest BCUT2D eigenvalue weighted by atomic mass is 9.79. The van der Waals surface area contributed by atoms with Gasteiger partial charge in [0.15, 0.2) is 5.41 Å². The summed E-state index contributed by atoms with van der Waals surface area (Å²) >= 11 is 0. The molecule has 0 bridgehead atoms. The summed E-state index contributed by atoms with van der Waals surface area (Å²) < 4.78 is 14.7. The molecule has 0 saturated carbocycles. The van der Waals surface area contributed by atoms with Crippen molar-refractivity contribution >= 4 is 11.9 Å². The first-order chi connectivity index (χ1) is 8.98. The van der Waals surface area contributed by atoms with Gasteiger partial charge in [0, 0.05) is 13.5 Å². The van der Waals surface area contributed by atoms with Crippen LogP contribution in [0.1, 0.15) is 33.6 Å². The van der Waals surface area contributed by atoms with Crippen LogP contribution in [-0.4, -0.2) is 50.1 Å². The molecule has 0 aliphatic heterocycles. The van der Waals surface area contributed by atoms with E-state index in [4.69, 9.17) is 14.2 Å². The molecule has 112 valence electrons. The van der Waals surface area contributed by atoms with Gasteiger partial charge in [0.25, 0.3) is 0 Å². The molecule has 0 rings (SSSR count). The van der Waals surface area contributed by atoms with Crippen molar-refractivity contribution in [2.24, 2.45) is 5.41 Å². The maximum absolute atomic E-state index is 12.1. The van der Waals surface area contributed by atoms with E-state index >= 15 is 0 Å². The van der Waals surface area contributed by atoms with Crippen molar-refractivity contribution in [2.75, 3.05) is 26.9 Å². The number of esters is 2. The van der Waals surface area contributed by atoms with Gasteiger partial charge in [-0.3, -0.25) is 9.59 Å². The molecule has 0 saturated heterocycles. The van der Waals surface area contributed by atoms with E-state index in [0.717, 1.165) is 0 Å². The highest BCUT2D eigenvalue weighted by Crippen LogP contribution is 2.32. The Labute approximate surface area is 114 Å². The molecule has 1 unspecified atom stereocenters. The minimum Gasteiger partial charge on any atom is -0.465 e. The van der Waals surface area contributed by atoms with Crippen molar-refractivity contribution in [1.29, 1.82) is 0 Å². The zero-order chi connectivity index (χ0) is 14.9. The monoisotopic (exact) mass is 276 g/mol. The minimum atomic E-state index is -1.47. The molecular weight excluding hydrogens is 252 g/mol. The third kappa shape index (κ3) is 4.80. The standard InChI is InChI=1S/C13H24O6/c1-5-13(11(15)18-6-2,12(16)19-7-3)8-10(14)9-17-4/h10,14H,5-9H2,1-4H3. The number of aliphatic hydroxyl groups is 1. The molecule has 6 nitrogen and oxygen atoms in total. The van der Waals surface area contributed by atoms with Crippen molar-refractivity contribution in [2.45, 2.75) is 39.7 Å². The highest BCUT2D eigenvalue weighted by atomic mass is 16.6. The topological polar surface area (TPSA) is 82.1 Å². The van der Waals surface area contributed by atoms with Crippen LogP contribution < -0.4 is 0 Å². The SMILES string of the molecule is CCOC(=O)C(CC)(CC(O)COC)C(=O)OCC. The number of hydrogen-bond acceptors (Lipinski definition) is 6. The second-order valence-corrected chi connectivity index (χ2v) is 4.19. The molecule has 0 aromatic heterocycles. The molecular formula is C13H24O6. The van der Waals surface area contributed by atoms with Gasteiger partial charge in [0.2, 0.25) is 0 Å². The molecule has 0 radical (unpaired) electrons. The lowest BCUT2D eigenvalue weighted by Crippen LogP contribution is -2.44. The number of ether oxygens (including phenoxy) is 3. The summed E-state index contributed by atoms with van der Waals surface area (Å²) in [6.45, 7) is 5.39. The Morgan fingerprint density at radius 1 is 1.11 bits per heavy atom. The largest absolute Gasteiger partial charge is 0.465 e. The number of aliphatic hydroxyl groups excluding tert-OH is 1. The van der Waals surface area contributed by atoms with E-state index in [1.54, 1.807) is 20.8 Å². The Kier molecular flexibility index (Phi) is 8.34. The van der Waals surface area contributed by atoms with Crippen LogP contribution in [0, 0.1) is 5.41 Å². The van der Waals surface area contributed by atoms with Crippen molar-refractivity contribution in [3.63, 3.8) is 0 Å². The quantitative estimate of drug-likeness (QED) is 0.498. The molecule has 6 heteroatoms. The van der Waals surface area contributed by atoms with Gasteiger partial charge in [0.1, 0.15) is 0 Å². The van der Waals surface area contributed by atoms with Gasteiger partial charge in [0.05, 0.1) is 25.9 Å². The molecule has 0 aromatic carbocycles. The predicted molar refractivity (Wildman–Crippen MR) is 68.5 cm³/mol. The van der Waals surface area contributed by atoms with Crippen LogP contribution in [-0.2, 0) is 23.8 Å². The van der Waals surface area contributed by atoms with Gasteiger partial charge < -0.3 is 19.3 Å². The van der Waals surface area contributed by atoms with Crippen LogP contribution in [0.3, 0.4) is 0 Å². The van der Waals surface area contributed by atoms with E-state index in [1.807, 2.05) is 0 Å². The first kappa shape index (κ1) is 17.9. The van der Waals surface area contributed by atoms with Gasteiger partial charge in [-0.1, -0.05) is 6.92 Å². The van der Waals surface area contributed by atoms with Gasteiger partial charge >= 0.3 is 11.9 Å². The molecule has 1 N–H and O–H groups in total. The molecule has 1 atom stereocenters. The Hall–Kier alpha value is -1.14. The average molecular weight is 276 g/mol. The maximum Gasteiger partial charge on any atom is 0.323 e. The number of hydrogen-bond donors (Lipinski definition) is 1. The van der Waals surface area contributed by atoms with Crippen LogP contribution in [0.15, 0.2) is 0 Å². The predicted octanol–water partition coefficient (Wildman–Crippen LogP) is 0.906. The second kappa shape index (κ2) is 8.87. The molecule has 0 aliphatic carbocycles. The third-order valence-corrected chi connectivity index (χ3v) is 2.88. The maximum atomic E-state index is 12.1. The number of rotatable bonds is 9. The molecule has 0 fully saturated rings. The van der Waals surface area contributed by atoms with E-state index in [1.165, 1.54) is 7.11 Å².